The Hall–Kier alpha value is -2.32. The van der Waals surface area contributed by atoms with Crippen molar-refractivity contribution in [3.8, 4) is 5.69 Å². The van der Waals surface area contributed by atoms with Crippen LogP contribution in [0.15, 0.2) is 59.8 Å². The van der Waals surface area contributed by atoms with E-state index in [4.69, 9.17) is 0 Å². The van der Waals surface area contributed by atoms with Crippen molar-refractivity contribution in [2.45, 2.75) is 17.5 Å². The summed E-state index contributed by atoms with van der Waals surface area (Å²) in [4.78, 5) is 14.6. The highest BCUT2D eigenvalue weighted by atomic mass is 32.2. The second-order valence-corrected chi connectivity index (χ2v) is 8.45. The average molecular weight is 415 g/mol. The van der Waals surface area contributed by atoms with E-state index in [9.17, 15) is 9.18 Å². The normalized spacial score (nSPS) is 16.5. The third kappa shape index (κ3) is 3.79. The van der Waals surface area contributed by atoms with Crippen LogP contribution in [0.1, 0.15) is 16.8 Å². The molecule has 144 valence electrons. The second kappa shape index (κ2) is 8.36. The van der Waals surface area contributed by atoms with Crippen molar-refractivity contribution in [3.05, 3.63) is 71.8 Å². The summed E-state index contributed by atoms with van der Waals surface area (Å²) in [6.07, 6.45) is 0. The monoisotopic (exact) mass is 414 g/mol. The van der Waals surface area contributed by atoms with Gasteiger partial charge in [0.2, 0.25) is 5.91 Å². The Balaban J connectivity index is 1.49. The summed E-state index contributed by atoms with van der Waals surface area (Å²) in [5.41, 5.74) is 1.52. The first-order chi connectivity index (χ1) is 13.6. The first kappa shape index (κ1) is 19.0. The third-order valence-electron chi connectivity index (χ3n) is 4.52. The highest BCUT2D eigenvalue weighted by Crippen LogP contribution is 2.39. The first-order valence-electron chi connectivity index (χ1n) is 8.91. The number of aryl methyl sites for hydroxylation is 1. The number of carbonyl (C=O) groups is 1. The van der Waals surface area contributed by atoms with Crippen molar-refractivity contribution in [1.82, 2.24) is 19.7 Å². The minimum Gasteiger partial charge on any atom is -0.325 e. The standard InChI is InChI=1S/C20H19FN4OS2/c1-14-22-23-20(25(14)15-7-3-2-4-8-15)28-13-18(26)24-11-12-27-19(24)16-9-5-6-10-17(16)21/h2-10,19H,11-13H2,1H3/t19-/m0/s1. The molecule has 0 unspecified atom stereocenters. The zero-order valence-electron chi connectivity index (χ0n) is 15.3. The Labute approximate surface area is 171 Å². The lowest BCUT2D eigenvalue weighted by Crippen LogP contribution is -2.32. The molecule has 1 aliphatic heterocycles. The molecular weight excluding hydrogens is 395 g/mol. The van der Waals surface area contributed by atoms with Gasteiger partial charge in [0.1, 0.15) is 17.0 Å². The molecule has 3 aromatic rings. The number of amides is 1. The summed E-state index contributed by atoms with van der Waals surface area (Å²) >= 11 is 2.95. The maximum absolute atomic E-state index is 14.2. The van der Waals surface area contributed by atoms with Gasteiger partial charge in [-0.05, 0) is 25.1 Å². The van der Waals surface area contributed by atoms with Gasteiger partial charge >= 0.3 is 0 Å². The predicted octanol–water partition coefficient (Wildman–Crippen LogP) is 4.08. The van der Waals surface area contributed by atoms with Crippen LogP contribution in [0.5, 0.6) is 0 Å². The molecule has 1 atom stereocenters. The van der Waals surface area contributed by atoms with Gasteiger partial charge in [-0.2, -0.15) is 0 Å². The van der Waals surface area contributed by atoms with Crippen molar-refractivity contribution in [3.63, 3.8) is 0 Å². The maximum atomic E-state index is 14.2. The van der Waals surface area contributed by atoms with E-state index in [-0.39, 0.29) is 22.9 Å². The number of rotatable bonds is 5. The molecule has 28 heavy (non-hydrogen) atoms. The summed E-state index contributed by atoms with van der Waals surface area (Å²) < 4.78 is 16.1. The third-order valence-corrected chi connectivity index (χ3v) is 6.67. The van der Waals surface area contributed by atoms with E-state index in [1.165, 1.54) is 17.8 Å². The summed E-state index contributed by atoms with van der Waals surface area (Å²) in [5.74, 6) is 1.50. The fraction of sp³-hybridized carbons (Fsp3) is 0.250. The number of benzene rings is 2. The van der Waals surface area contributed by atoms with Crippen molar-refractivity contribution >= 4 is 29.4 Å². The quantitative estimate of drug-likeness (QED) is 0.589. The number of carbonyl (C=O) groups excluding carboxylic acids is 1. The van der Waals surface area contributed by atoms with Crippen molar-refractivity contribution in [2.24, 2.45) is 0 Å². The minimum absolute atomic E-state index is 0.0245. The Bertz CT molecular complexity index is 979. The molecule has 2 heterocycles. The van der Waals surface area contributed by atoms with Crippen molar-refractivity contribution in [1.29, 1.82) is 0 Å². The molecule has 4 rings (SSSR count). The van der Waals surface area contributed by atoms with Gasteiger partial charge in [-0.25, -0.2) is 4.39 Å². The van der Waals surface area contributed by atoms with E-state index < -0.39 is 0 Å². The second-order valence-electron chi connectivity index (χ2n) is 6.32. The van der Waals surface area contributed by atoms with E-state index in [1.54, 1.807) is 34.9 Å². The molecule has 2 aromatic carbocycles. The van der Waals surface area contributed by atoms with Gasteiger partial charge in [0.05, 0.1) is 5.75 Å². The van der Waals surface area contributed by atoms with Crippen LogP contribution in [-0.4, -0.2) is 43.6 Å². The van der Waals surface area contributed by atoms with Crippen LogP contribution in [-0.2, 0) is 4.79 Å². The molecule has 1 amide bonds. The zero-order valence-corrected chi connectivity index (χ0v) is 16.9. The van der Waals surface area contributed by atoms with Gasteiger partial charge in [-0.3, -0.25) is 9.36 Å². The Morgan fingerprint density at radius 3 is 2.71 bits per heavy atom. The molecule has 1 aromatic heterocycles. The maximum Gasteiger partial charge on any atom is 0.234 e. The molecule has 0 radical (unpaired) electrons. The van der Waals surface area contributed by atoms with Crippen LogP contribution < -0.4 is 0 Å². The molecule has 5 nitrogen and oxygen atoms in total. The molecule has 0 saturated carbocycles. The lowest BCUT2D eigenvalue weighted by Gasteiger charge is -2.24. The first-order valence-corrected chi connectivity index (χ1v) is 10.9. The van der Waals surface area contributed by atoms with Crippen LogP contribution >= 0.6 is 23.5 Å². The van der Waals surface area contributed by atoms with Crippen LogP contribution in [0.2, 0.25) is 0 Å². The Morgan fingerprint density at radius 2 is 1.93 bits per heavy atom. The Kier molecular flexibility index (Phi) is 5.68. The molecule has 0 spiro atoms. The molecular formula is C20H19FN4OS2. The molecule has 0 bridgehead atoms. The number of nitrogens with zero attached hydrogens (tertiary/aromatic N) is 4. The predicted molar refractivity (Wildman–Crippen MR) is 110 cm³/mol. The lowest BCUT2D eigenvalue weighted by molar-refractivity contribution is -0.128. The highest BCUT2D eigenvalue weighted by Gasteiger charge is 2.32. The van der Waals surface area contributed by atoms with Crippen LogP contribution in [0.25, 0.3) is 5.69 Å². The highest BCUT2D eigenvalue weighted by molar-refractivity contribution is 8.00. The zero-order chi connectivity index (χ0) is 19.5. The molecule has 1 aliphatic rings. The average Bonchev–Trinajstić information content (AvgIpc) is 3.34. The van der Waals surface area contributed by atoms with Gasteiger partial charge in [-0.15, -0.1) is 22.0 Å². The molecule has 1 saturated heterocycles. The Morgan fingerprint density at radius 1 is 1.18 bits per heavy atom. The number of para-hydroxylation sites is 1. The summed E-state index contributed by atoms with van der Waals surface area (Å²) in [5, 5.41) is 8.78. The van der Waals surface area contributed by atoms with Crippen molar-refractivity contribution < 1.29 is 9.18 Å². The molecule has 1 fully saturated rings. The van der Waals surface area contributed by atoms with Crippen LogP contribution in [0.4, 0.5) is 4.39 Å². The number of halogens is 1. The van der Waals surface area contributed by atoms with E-state index in [2.05, 4.69) is 10.2 Å². The fourth-order valence-electron chi connectivity index (χ4n) is 3.18. The number of hydrogen-bond acceptors (Lipinski definition) is 5. The number of thioether (sulfide) groups is 2. The van der Waals surface area contributed by atoms with E-state index in [0.29, 0.717) is 17.3 Å². The van der Waals surface area contributed by atoms with Gasteiger partial charge < -0.3 is 4.90 Å². The van der Waals surface area contributed by atoms with Gasteiger partial charge in [0, 0.05) is 23.5 Å². The SMILES string of the molecule is Cc1nnc(SCC(=O)N2CCS[C@H]2c2ccccc2F)n1-c1ccccc1. The molecule has 8 heteroatoms. The van der Waals surface area contributed by atoms with E-state index >= 15 is 0 Å². The summed E-state index contributed by atoms with van der Waals surface area (Å²) in [6.45, 7) is 2.50. The molecule has 0 aliphatic carbocycles. The van der Waals surface area contributed by atoms with E-state index in [0.717, 1.165) is 17.3 Å². The largest absolute Gasteiger partial charge is 0.325 e. The van der Waals surface area contributed by atoms with Gasteiger partial charge in [0.15, 0.2) is 5.16 Å². The summed E-state index contributed by atoms with van der Waals surface area (Å²) in [6, 6.07) is 16.5. The lowest BCUT2D eigenvalue weighted by atomic mass is 10.2. The number of hydrogen-bond donors (Lipinski definition) is 0. The smallest absolute Gasteiger partial charge is 0.234 e. The fourth-order valence-corrected chi connectivity index (χ4v) is 5.36. The van der Waals surface area contributed by atoms with Crippen molar-refractivity contribution in [2.75, 3.05) is 18.1 Å². The van der Waals surface area contributed by atoms with Gasteiger partial charge in [0.25, 0.3) is 0 Å². The molecule has 0 N–H and O–H groups in total. The number of aromatic nitrogens is 3. The minimum atomic E-state index is -0.275. The summed E-state index contributed by atoms with van der Waals surface area (Å²) in [7, 11) is 0. The van der Waals surface area contributed by atoms with Gasteiger partial charge in [-0.1, -0.05) is 48.2 Å². The van der Waals surface area contributed by atoms with Crippen LogP contribution in [0.3, 0.4) is 0 Å². The topological polar surface area (TPSA) is 51.0 Å². The van der Waals surface area contributed by atoms with Crippen LogP contribution in [0, 0.1) is 12.7 Å². The van der Waals surface area contributed by atoms with E-state index in [1.807, 2.05) is 41.8 Å².